The molecule has 1 atom stereocenters. The minimum absolute atomic E-state index is 0.521. The molecule has 2 saturated carbocycles. The van der Waals surface area contributed by atoms with E-state index in [0.29, 0.717) is 5.41 Å². The molecular formula is C18H35N. The summed E-state index contributed by atoms with van der Waals surface area (Å²) in [6.07, 6.45) is 11.8. The van der Waals surface area contributed by atoms with Crippen LogP contribution in [0.25, 0.3) is 0 Å². The maximum atomic E-state index is 3.79. The van der Waals surface area contributed by atoms with Gasteiger partial charge in [0, 0.05) is 6.04 Å². The molecule has 0 radical (unpaired) electrons. The second kappa shape index (κ2) is 6.61. The molecule has 0 aromatic rings. The van der Waals surface area contributed by atoms with E-state index in [4.69, 9.17) is 0 Å². The van der Waals surface area contributed by atoms with Gasteiger partial charge in [-0.2, -0.15) is 0 Å². The fourth-order valence-corrected chi connectivity index (χ4v) is 3.98. The summed E-state index contributed by atoms with van der Waals surface area (Å²) in [6, 6.07) is 0.812. The third kappa shape index (κ3) is 4.77. The lowest BCUT2D eigenvalue weighted by Crippen LogP contribution is -2.39. The Morgan fingerprint density at radius 2 is 1.63 bits per heavy atom. The average Bonchev–Trinajstić information content (AvgIpc) is 3.17. The highest BCUT2D eigenvalue weighted by Gasteiger charge is 2.33. The highest BCUT2D eigenvalue weighted by Crippen LogP contribution is 2.42. The number of hydrogen-bond donors (Lipinski definition) is 1. The Kier molecular flexibility index (Phi) is 5.34. The van der Waals surface area contributed by atoms with E-state index < -0.39 is 0 Å². The van der Waals surface area contributed by atoms with Crippen molar-refractivity contribution in [1.82, 2.24) is 5.32 Å². The standard InChI is InChI=1S/C18H35N/c1-5-19-17(13-8-14-6-7-14)15-9-11-16(12-10-15)18(2,3)4/h14-17,19H,5-13H2,1-4H3. The van der Waals surface area contributed by atoms with E-state index in [-0.39, 0.29) is 0 Å². The summed E-state index contributed by atoms with van der Waals surface area (Å²) in [5, 5.41) is 3.79. The van der Waals surface area contributed by atoms with E-state index in [1.807, 2.05) is 0 Å². The maximum absolute atomic E-state index is 3.79. The second-order valence-corrected chi connectivity index (χ2v) is 8.16. The molecular weight excluding hydrogens is 230 g/mol. The Balaban J connectivity index is 1.78. The van der Waals surface area contributed by atoms with Gasteiger partial charge in [-0.15, -0.1) is 0 Å². The van der Waals surface area contributed by atoms with Crippen LogP contribution in [0.3, 0.4) is 0 Å². The maximum Gasteiger partial charge on any atom is 0.00953 e. The monoisotopic (exact) mass is 265 g/mol. The number of rotatable bonds is 6. The van der Waals surface area contributed by atoms with E-state index in [1.165, 1.54) is 51.4 Å². The molecule has 2 aliphatic rings. The van der Waals surface area contributed by atoms with Gasteiger partial charge in [0.2, 0.25) is 0 Å². The molecule has 2 fully saturated rings. The Labute approximate surface area is 120 Å². The summed E-state index contributed by atoms with van der Waals surface area (Å²) in [7, 11) is 0. The van der Waals surface area contributed by atoms with Crippen LogP contribution in [0.5, 0.6) is 0 Å². The lowest BCUT2D eigenvalue weighted by Gasteiger charge is -2.39. The zero-order valence-electron chi connectivity index (χ0n) is 13.7. The Bertz CT molecular complexity index is 253. The van der Waals surface area contributed by atoms with Gasteiger partial charge in [0.15, 0.2) is 0 Å². The van der Waals surface area contributed by atoms with Crippen molar-refractivity contribution in [2.45, 2.75) is 85.1 Å². The molecule has 0 spiro atoms. The van der Waals surface area contributed by atoms with Gasteiger partial charge in [-0.05, 0) is 68.2 Å². The lowest BCUT2D eigenvalue weighted by molar-refractivity contribution is 0.130. The minimum Gasteiger partial charge on any atom is -0.314 e. The van der Waals surface area contributed by atoms with Crippen molar-refractivity contribution in [2.75, 3.05) is 6.54 Å². The van der Waals surface area contributed by atoms with Crippen LogP contribution in [-0.4, -0.2) is 12.6 Å². The highest BCUT2D eigenvalue weighted by molar-refractivity contribution is 4.87. The van der Waals surface area contributed by atoms with Gasteiger partial charge in [0.05, 0.1) is 0 Å². The van der Waals surface area contributed by atoms with Crippen molar-refractivity contribution in [3.63, 3.8) is 0 Å². The van der Waals surface area contributed by atoms with Gasteiger partial charge >= 0.3 is 0 Å². The van der Waals surface area contributed by atoms with Crippen molar-refractivity contribution in [3.8, 4) is 0 Å². The molecule has 2 aliphatic carbocycles. The van der Waals surface area contributed by atoms with Crippen molar-refractivity contribution in [3.05, 3.63) is 0 Å². The van der Waals surface area contributed by atoms with Crippen molar-refractivity contribution >= 4 is 0 Å². The van der Waals surface area contributed by atoms with Crippen LogP contribution in [0.1, 0.15) is 79.1 Å². The zero-order valence-corrected chi connectivity index (χ0v) is 13.7. The van der Waals surface area contributed by atoms with E-state index in [2.05, 4.69) is 33.0 Å². The smallest absolute Gasteiger partial charge is 0.00953 e. The first-order valence-corrected chi connectivity index (χ1v) is 8.74. The van der Waals surface area contributed by atoms with Gasteiger partial charge < -0.3 is 5.32 Å². The quantitative estimate of drug-likeness (QED) is 0.712. The molecule has 0 aromatic carbocycles. The third-order valence-corrected chi connectivity index (χ3v) is 5.61. The molecule has 0 amide bonds. The van der Waals surface area contributed by atoms with Crippen LogP contribution < -0.4 is 5.32 Å². The molecule has 1 nitrogen and oxygen atoms in total. The third-order valence-electron chi connectivity index (χ3n) is 5.61. The summed E-state index contributed by atoms with van der Waals surface area (Å²) in [4.78, 5) is 0. The largest absolute Gasteiger partial charge is 0.314 e. The second-order valence-electron chi connectivity index (χ2n) is 8.16. The predicted octanol–water partition coefficient (Wildman–Crippen LogP) is 5.01. The lowest BCUT2D eigenvalue weighted by atomic mass is 9.68. The average molecular weight is 265 g/mol. The summed E-state index contributed by atoms with van der Waals surface area (Å²) >= 11 is 0. The number of nitrogens with one attached hydrogen (secondary N) is 1. The molecule has 0 aliphatic heterocycles. The molecule has 1 N–H and O–H groups in total. The van der Waals surface area contributed by atoms with E-state index in [0.717, 1.165) is 30.3 Å². The molecule has 112 valence electrons. The SMILES string of the molecule is CCNC(CCC1CC1)C1CCC(C(C)(C)C)CC1. The first-order valence-electron chi connectivity index (χ1n) is 8.74. The molecule has 1 unspecified atom stereocenters. The molecule has 0 saturated heterocycles. The molecule has 0 bridgehead atoms. The van der Waals surface area contributed by atoms with Crippen LogP contribution in [0.15, 0.2) is 0 Å². The summed E-state index contributed by atoms with van der Waals surface area (Å²) in [6.45, 7) is 10.7. The van der Waals surface area contributed by atoms with Gasteiger partial charge in [0.1, 0.15) is 0 Å². The Morgan fingerprint density at radius 3 is 2.11 bits per heavy atom. The van der Waals surface area contributed by atoms with Crippen LogP contribution in [-0.2, 0) is 0 Å². The van der Waals surface area contributed by atoms with Gasteiger partial charge in [-0.3, -0.25) is 0 Å². The highest BCUT2D eigenvalue weighted by atomic mass is 14.9. The first kappa shape index (κ1) is 15.4. The Hall–Kier alpha value is -0.0400. The summed E-state index contributed by atoms with van der Waals surface area (Å²) in [5.74, 6) is 3.00. The fourth-order valence-electron chi connectivity index (χ4n) is 3.98. The van der Waals surface area contributed by atoms with Crippen LogP contribution >= 0.6 is 0 Å². The zero-order chi connectivity index (χ0) is 13.9. The molecule has 0 heterocycles. The van der Waals surface area contributed by atoms with Gasteiger partial charge in [-0.25, -0.2) is 0 Å². The van der Waals surface area contributed by atoms with Gasteiger partial charge in [0.25, 0.3) is 0 Å². The van der Waals surface area contributed by atoms with Crippen molar-refractivity contribution in [2.24, 2.45) is 23.2 Å². The van der Waals surface area contributed by atoms with Gasteiger partial charge in [-0.1, -0.05) is 40.5 Å². The molecule has 19 heavy (non-hydrogen) atoms. The topological polar surface area (TPSA) is 12.0 Å². The minimum atomic E-state index is 0.521. The normalized spacial score (nSPS) is 30.3. The number of hydrogen-bond acceptors (Lipinski definition) is 1. The molecule has 1 heteroatoms. The van der Waals surface area contributed by atoms with Crippen molar-refractivity contribution < 1.29 is 0 Å². The predicted molar refractivity (Wildman–Crippen MR) is 84.3 cm³/mol. The summed E-state index contributed by atoms with van der Waals surface area (Å²) in [5.41, 5.74) is 0.521. The molecule has 2 rings (SSSR count). The Morgan fingerprint density at radius 1 is 1.00 bits per heavy atom. The van der Waals surface area contributed by atoms with E-state index >= 15 is 0 Å². The molecule has 0 aromatic heterocycles. The first-order chi connectivity index (χ1) is 9.00. The van der Waals surface area contributed by atoms with Crippen LogP contribution in [0, 0.1) is 23.2 Å². The van der Waals surface area contributed by atoms with E-state index in [1.54, 1.807) is 0 Å². The van der Waals surface area contributed by atoms with Crippen LogP contribution in [0.2, 0.25) is 0 Å². The van der Waals surface area contributed by atoms with Crippen LogP contribution in [0.4, 0.5) is 0 Å². The van der Waals surface area contributed by atoms with Crippen molar-refractivity contribution in [1.29, 1.82) is 0 Å². The fraction of sp³-hybridized carbons (Fsp3) is 1.00. The summed E-state index contributed by atoms with van der Waals surface area (Å²) < 4.78 is 0. The van der Waals surface area contributed by atoms with E-state index in [9.17, 15) is 0 Å².